The molecule has 0 aliphatic carbocycles. The van der Waals surface area contributed by atoms with Crippen molar-refractivity contribution >= 4 is 73.9 Å². The molecule has 9 rings (SSSR count). The fourth-order valence-electron chi connectivity index (χ4n) is 7.16. The maximum Gasteiger partial charge on any atom is 0.309 e. The van der Waals surface area contributed by atoms with Gasteiger partial charge in [-0.2, -0.15) is 0 Å². The molecule has 0 aliphatic heterocycles. The van der Waals surface area contributed by atoms with Gasteiger partial charge < -0.3 is 23.5 Å². The number of nitrogens with zero attached hydrogens (tertiary/aromatic N) is 1. The van der Waals surface area contributed by atoms with E-state index in [1.165, 1.54) is 0 Å². The molecule has 0 saturated heterocycles. The largest absolute Gasteiger partial charge is 0.455 e. The van der Waals surface area contributed by atoms with Crippen molar-refractivity contribution in [3.05, 3.63) is 158 Å². The minimum atomic E-state index is -0.978. The Hall–Kier alpha value is -6.08. The van der Waals surface area contributed by atoms with E-state index in [1.807, 2.05) is 38.1 Å². The van der Waals surface area contributed by atoms with Crippen LogP contribution in [0.25, 0.3) is 66.1 Å². The average Bonchev–Trinajstić information content (AvgIpc) is 3.77. The van der Waals surface area contributed by atoms with Gasteiger partial charge in [0, 0.05) is 49.7 Å². The lowest BCUT2D eigenvalue weighted by Gasteiger charge is -2.37. The minimum absolute atomic E-state index is 0.390. The summed E-state index contributed by atoms with van der Waals surface area (Å²) in [4.78, 5) is 2.27. The SMILES string of the molecule is CC(C)(O)C(C)(C)OBc1ccc(N(c2ccc(-c3cccc4c3oc3ccccc34)cc2)c2ccc(-c3cccc4c3oc3ccccc34)cc2)cc1. The Morgan fingerprint density at radius 1 is 0.481 bits per heavy atom. The van der Waals surface area contributed by atoms with Gasteiger partial charge in [-0.05, 0) is 87.4 Å². The second-order valence-electron chi connectivity index (χ2n) is 15.0. The van der Waals surface area contributed by atoms with E-state index in [1.54, 1.807) is 13.8 Å². The predicted molar refractivity (Wildman–Crippen MR) is 225 cm³/mol. The molecule has 0 aliphatic rings. The van der Waals surface area contributed by atoms with Crippen molar-refractivity contribution in [3.8, 4) is 22.3 Å². The van der Waals surface area contributed by atoms with Crippen molar-refractivity contribution in [1.82, 2.24) is 0 Å². The van der Waals surface area contributed by atoms with Gasteiger partial charge in [0.15, 0.2) is 0 Å². The molecule has 9 aromatic rings. The van der Waals surface area contributed by atoms with Crippen LogP contribution in [0.5, 0.6) is 0 Å². The number of para-hydroxylation sites is 4. The lowest BCUT2D eigenvalue weighted by atomic mass is 9.82. The number of hydrogen-bond donors (Lipinski definition) is 1. The molecular weight excluding hydrogens is 665 g/mol. The van der Waals surface area contributed by atoms with E-state index in [2.05, 4.69) is 138 Å². The Balaban J connectivity index is 1.08. The van der Waals surface area contributed by atoms with Gasteiger partial charge in [-0.3, -0.25) is 0 Å². The predicted octanol–water partition coefficient (Wildman–Crippen LogP) is 11.8. The molecule has 2 aromatic heterocycles. The first kappa shape index (κ1) is 33.7. The standard InChI is InChI=1S/C48H40BNO4/c1-47(2,51)48(3,4)54-49-33-23-29-36(30-24-33)50(34-25-19-31(20-26-34)37-13-9-15-41-39-11-5-7-17-43(39)52-45(37)41)35-27-21-32(22-28-35)38-14-10-16-42-40-12-6-8-18-44(40)53-46(38)42/h5-30,49,51H,1-4H3. The molecule has 7 aromatic carbocycles. The third kappa shape index (κ3) is 5.94. The molecule has 1 N–H and O–H groups in total. The number of anilines is 3. The topological polar surface area (TPSA) is 59.0 Å². The monoisotopic (exact) mass is 705 g/mol. The zero-order chi connectivity index (χ0) is 37.0. The zero-order valence-corrected chi connectivity index (χ0v) is 30.8. The summed E-state index contributed by atoms with van der Waals surface area (Å²) in [6.07, 6.45) is 0. The average molecular weight is 706 g/mol. The van der Waals surface area contributed by atoms with Crippen LogP contribution in [-0.2, 0) is 4.65 Å². The molecule has 0 spiro atoms. The molecule has 0 bridgehead atoms. The van der Waals surface area contributed by atoms with Gasteiger partial charge in [-0.15, -0.1) is 0 Å². The Morgan fingerprint density at radius 2 is 0.889 bits per heavy atom. The lowest BCUT2D eigenvalue weighted by molar-refractivity contribution is -0.0893. The van der Waals surface area contributed by atoms with E-state index in [0.717, 1.165) is 88.7 Å². The third-order valence-electron chi connectivity index (χ3n) is 10.9. The number of aliphatic hydroxyl groups is 1. The normalized spacial score (nSPS) is 12.2. The Labute approximate surface area is 315 Å². The van der Waals surface area contributed by atoms with Gasteiger partial charge >= 0.3 is 7.48 Å². The van der Waals surface area contributed by atoms with Crippen LogP contribution in [0.4, 0.5) is 17.1 Å². The highest BCUT2D eigenvalue weighted by Crippen LogP contribution is 2.41. The first-order valence-corrected chi connectivity index (χ1v) is 18.4. The van der Waals surface area contributed by atoms with Gasteiger partial charge in [-0.1, -0.05) is 115 Å². The number of benzene rings is 7. The lowest BCUT2D eigenvalue weighted by Crippen LogP contribution is -2.49. The van der Waals surface area contributed by atoms with Crippen LogP contribution in [0.3, 0.4) is 0 Å². The maximum atomic E-state index is 10.6. The number of fused-ring (bicyclic) bond motifs is 6. The minimum Gasteiger partial charge on any atom is -0.455 e. The molecule has 0 amide bonds. The van der Waals surface area contributed by atoms with E-state index < -0.39 is 11.2 Å². The van der Waals surface area contributed by atoms with Crippen LogP contribution in [0.15, 0.2) is 167 Å². The van der Waals surface area contributed by atoms with Crippen molar-refractivity contribution in [2.75, 3.05) is 4.90 Å². The summed E-state index contributed by atoms with van der Waals surface area (Å²) in [5, 5.41) is 15.1. The maximum absolute atomic E-state index is 10.6. The highest BCUT2D eigenvalue weighted by Gasteiger charge is 2.35. The molecule has 5 nitrogen and oxygen atoms in total. The molecule has 0 atom stereocenters. The first-order chi connectivity index (χ1) is 26.1. The summed E-state index contributed by atoms with van der Waals surface area (Å²) >= 11 is 0. The van der Waals surface area contributed by atoms with E-state index in [4.69, 9.17) is 13.5 Å². The summed E-state index contributed by atoms with van der Waals surface area (Å²) in [5.41, 5.74) is 10.2. The molecule has 0 saturated carbocycles. The van der Waals surface area contributed by atoms with Crippen LogP contribution in [-0.4, -0.2) is 23.8 Å². The van der Waals surface area contributed by atoms with Gasteiger partial charge in [-0.25, -0.2) is 0 Å². The van der Waals surface area contributed by atoms with E-state index >= 15 is 0 Å². The number of rotatable bonds is 9. The van der Waals surface area contributed by atoms with E-state index in [-0.39, 0.29) is 0 Å². The van der Waals surface area contributed by atoms with Crippen LogP contribution in [0, 0.1) is 0 Å². The molecule has 6 heteroatoms. The van der Waals surface area contributed by atoms with Crippen LogP contribution < -0.4 is 10.4 Å². The second-order valence-corrected chi connectivity index (χ2v) is 15.0. The third-order valence-corrected chi connectivity index (χ3v) is 10.9. The Bertz CT molecular complexity index is 2610. The Kier molecular flexibility index (Phi) is 8.18. The van der Waals surface area contributed by atoms with Gasteiger partial charge in [0.2, 0.25) is 0 Å². The summed E-state index contributed by atoms with van der Waals surface area (Å²) in [7, 11) is 0.390. The number of furan rings is 2. The first-order valence-electron chi connectivity index (χ1n) is 18.4. The quantitative estimate of drug-likeness (QED) is 0.152. The van der Waals surface area contributed by atoms with Crippen molar-refractivity contribution in [2.45, 2.75) is 38.9 Å². The fourth-order valence-corrected chi connectivity index (χ4v) is 7.16. The van der Waals surface area contributed by atoms with E-state index in [0.29, 0.717) is 7.48 Å². The molecule has 0 radical (unpaired) electrons. The van der Waals surface area contributed by atoms with Gasteiger partial charge in [0.1, 0.15) is 22.3 Å². The summed E-state index contributed by atoms with van der Waals surface area (Å²) in [6.45, 7) is 7.39. The summed E-state index contributed by atoms with van der Waals surface area (Å²) in [5.74, 6) is 0. The second kappa shape index (κ2) is 13.1. The fraction of sp³-hybridized carbons (Fsp3) is 0.125. The highest BCUT2D eigenvalue weighted by atomic mass is 16.5. The highest BCUT2D eigenvalue weighted by molar-refractivity contribution is 6.47. The molecular formula is C48H40BNO4. The van der Waals surface area contributed by atoms with Crippen molar-refractivity contribution in [3.63, 3.8) is 0 Å². The van der Waals surface area contributed by atoms with Gasteiger partial charge in [0.05, 0.1) is 11.2 Å². The molecule has 0 fully saturated rings. The van der Waals surface area contributed by atoms with E-state index in [9.17, 15) is 5.11 Å². The molecule has 264 valence electrons. The molecule has 0 unspecified atom stereocenters. The van der Waals surface area contributed by atoms with Crippen molar-refractivity contribution in [2.24, 2.45) is 0 Å². The van der Waals surface area contributed by atoms with Crippen LogP contribution in [0.1, 0.15) is 27.7 Å². The van der Waals surface area contributed by atoms with Crippen molar-refractivity contribution < 1.29 is 18.6 Å². The molecule has 54 heavy (non-hydrogen) atoms. The van der Waals surface area contributed by atoms with Crippen LogP contribution in [0.2, 0.25) is 0 Å². The summed E-state index contributed by atoms with van der Waals surface area (Å²) in [6, 6.07) is 54.9. The van der Waals surface area contributed by atoms with Gasteiger partial charge in [0.25, 0.3) is 0 Å². The van der Waals surface area contributed by atoms with Crippen LogP contribution >= 0.6 is 0 Å². The smallest absolute Gasteiger partial charge is 0.309 e. The number of hydrogen-bond acceptors (Lipinski definition) is 5. The molecule has 2 heterocycles. The zero-order valence-electron chi connectivity index (χ0n) is 30.8. The van der Waals surface area contributed by atoms with Crippen molar-refractivity contribution in [1.29, 1.82) is 0 Å². The Morgan fingerprint density at radius 3 is 1.33 bits per heavy atom. The summed E-state index contributed by atoms with van der Waals surface area (Å²) < 4.78 is 18.9.